The third-order valence-corrected chi connectivity index (χ3v) is 3.24. The third-order valence-electron chi connectivity index (χ3n) is 3.24. The van der Waals surface area contributed by atoms with Gasteiger partial charge >= 0.3 is 6.09 Å². The first-order valence-corrected chi connectivity index (χ1v) is 7.81. The van der Waals surface area contributed by atoms with Crippen molar-refractivity contribution in [2.24, 2.45) is 0 Å². The summed E-state index contributed by atoms with van der Waals surface area (Å²) in [6, 6.07) is 7.29. The number of nitrogens with zero attached hydrogens (tertiary/aromatic N) is 2. The van der Waals surface area contributed by atoms with Gasteiger partial charge in [0, 0.05) is 6.54 Å². The summed E-state index contributed by atoms with van der Waals surface area (Å²) >= 11 is 0. The smallest absolute Gasteiger partial charge is 0.407 e. The van der Waals surface area contributed by atoms with Crippen molar-refractivity contribution in [2.45, 2.75) is 45.0 Å². The molecule has 0 saturated heterocycles. The van der Waals surface area contributed by atoms with E-state index in [9.17, 15) is 15.0 Å². The summed E-state index contributed by atoms with van der Waals surface area (Å²) in [7, 11) is 0. The molecule has 24 heavy (non-hydrogen) atoms. The van der Waals surface area contributed by atoms with Crippen molar-refractivity contribution < 1.29 is 19.7 Å². The van der Waals surface area contributed by atoms with E-state index in [0.717, 1.165) is 5.52 Å². The van der Waals surface area contributed by atoms with Crippen LogP contribution in [-0.2, 0) is 4.74 Å². The van der Waals surface area contributed by atoms with Gasteiger partial charge in [-0.05, 0) is 39.3 Å². The number of carbonyl (C=O) groups is 1. The number of aliphatic hydroxyl groups excluding tert-OH is 2. The number of fused-ring (bicyclic) bond motifs is 1. The number of rotatable bonds is 5. The van der Waals surface area contributed by atoms with Crippen molar-refractivity contribution in [3.63, 3.8) is 0 Å². The van der Waals surface area contributed by atoms with Gasteiger partial charge in [-0.25, -0.2) is 9.78 Å². The Balaban J connectivity index is 1.89. The van der Waals surface area contributed by atoms with E-state index in [1.54, 1.807) is 26.8 Å². The third kappa shape index (κ3) is 5.14. The molecule has 7 heteroatoms. The molecule has 130 valence electrons. The fourth-order valence-electron chi connectivity index (χ4n) is 2.11. The molecule has 2 rings (SSSR count). The largest absolute Gasteiger partial charge is 0.444 e. The summed E-state index contributed by atoms with van der Waals surface area (Å²) in [5.41, 5.74) is 1.07. The molecule has 1 amide bonds. The first-order valence-electron chi connectivity index (χ1n) is 7.81. The lowest BCUT2D eigenvalue weighted by Crippen LogP contribution is -2.34. The van der Waals surface area contributed by atoms with E-state index in [2.05, 4.69) is 15.3 Å². The van der Waals surface area contributed by atoms with Gasteiger partial charge < -0.3 is 20.3 Å². The fraction of sp³-hybridized carbons (Fsp3) is 0.471. The lowest BCUT2D eigenvalue weighted by molar-refractivity contribution is 0.00992. The second kappa shape index (κ2) is 7.55. The first-order chi connectivity index (χ1) is 11.3. The zero-order chi connectivity index (χ0) is 17.7. The number of carbonyl (C=O) groups excluding carboxylic acids is 1. The molecule has 0 fully saturated rings. The van der Waals surface area contributed by atoms with Gasteiger partial charge in [0.2, 0.25) is 0 Å². The maximum absolute atomic E-state index is 11.5. The van der Waals surface area contributed by atoms with Gasteiger partial charge in [-0.2, -0.15) is 0 Å². The number of nitrogens with one attached hydrogen (secondary N) is 1. The van der Waals surface area contributed by atoms with Crippen LogP contribution in [-0.4, -0.2) is 44.5 Å². The Morgan fingerprint density at radius 2 is 1.92 bits per heavy atom. The van der Waals surface area contributed by atoms with E-state index >= 15 is 0 Å². The number of alkyl carbamates (subject to hydrolysis) is 1. The van der Waals surface area contributed by atoms with Crippen molar-refractivity contribution >= 4 is 17.1 Å². The standard InChI is InChI=1S/C17H23N3O4/c1-17(2,3)24-16(23)18-9-8-14(21)15(22)13-10-19-11-6-4-5-7-12(11)20-13/h4-7,10,14-15,21-22H,8-9H2,1-3H3,(H,18,23). The Morgan fingerprint density at radius 1 is 1.25 bits per heavy atom. The summed E-state index contributed by atoms with van der Waals surface area (Å²) in [5, 5.41) is 22.8. The van der Waals surface area contributed by atoms with Crippen LogP contribution < -0.4 is 5.32 Å². The van der Waals surface area contributed by atoms with Crippen molar-refractivity contribution in [3.05, 3.63) is 36.2 Å². The van der Waals surface area contributed by atoms with Crippen LogP contribution in [0.25, 0.3) is 11.0 Å². The molecule has 0 radical (unpaired) electrons. The van der Waals surface area contributed by atoms with Gasteiger partial charge in [0.25, 0.3) is 0 Å². The quantitative estimate of drug-likeness (QED) is 0.772. The molecule has 7 nitrogen and oxygen atoms in total. The molecule has 0 aliphatic carbocycles. The highest BCUT2D eigenvalue weighted by molar-refractivity contribution is 5.73. The highest BCUT2D eigenvalue weighted by Gasteiger charge is 2.21. The summed E-state index contributed by atoms with van der Waals surface area (Å²) in [6.45, 7) is 5.48. The average molecular weight is 333 g/mol. The Labute approximate surface area is 140 Å². The minimum absolute atomic E-state index is 0.162. The average Bonchev–Trinajstić information content (AvgIpc) is 2.51. The molecule has 1 aromatic heterocycles. The van der Waals surface area contributed by atoms with Gasteiger partial charge in [0.1, 0.15) is 11.7 Å². The predicted molar refractivity (Wildman–Crippen MR) is 89.4 cm³/mol. The molecule has 0 aliphatic heterocycles. The highest BCUT2D eigenvalue weighted by Crippen LogP contribution is 2.18. The van der Waals surface area contributed by atoms with Crippen LogP contribution >= 0.6 is 0 Å². The van der Waals surface area contributed by atoms with Crippen LogP contribution in [0.15, 0.2) is 30.5 Å². The molecule has 2 atom stereocenters. The number of ether oxygens (including phenoxy) is 1. The normalized spacial score (nSPS) is 14.2. The molecule has 0 spiro atoms. The predicted octanol–water partition coefficient (Wildman–Crippen LogP) is 1.94. The molecular weight excluding hydrogens is 310 g/mol. The van der Waals surface area contributed by atoms with E-state index in [-0.39, 0.29) is 13.0 Å². The maximum atomic E-state index is 11.5. The molecule has 2 unspecified atom stereocenters. The second-order valence-corrected chi connectivity index (χ2v) is 6.51. The van der Waals surface area contributed by atoms with Crippen LogP contribution in [0.3, 0.4) is 0 Å². The molecule has 1 heterocycles. The Kier molecular flexibility index (Phi) is 5.69. The van der Waals surface area contributed by atoms with E-state index in [1.165, 1.54) is 6.20 Å². The minimum Gasteiger partial charge on any atom is -0.444 e. The zero-order valence-corrected chi connectivity index (χ0v) is 14.1. The van der Waals surface area contributed by atoms with Crippen molar-refractivity contribution in [1.82, 2.24) is 15.3 Å². The van der Waals surface area contributed by atoms with Crippen LogP contribution in [0.4, 0.5) is 4.79 Å². The van der Waals surface area contributed by atoms with Crippen molar-refractivity contribution in [3.8, 4) is 0 Å². The van der Waals surface area contributed by atoms with Crippen LogP contribution in [0.1, 0.15) is 39.0 Å². The number of benzene rings is 1. The second-order valence-electron chi connectivity index (χ2n) is 6.51. The summed E-state index contributed by atoms with van der Waals surface area (Å²) in [4.78, 5) is 20.0. The fourth-order valence-corrected chi connectivity index (χ4v) is 2.11. The lowest BCUT2D eigenvalue weighted by Gasteiger charge is -2.21. The number of aromatic nitrogens is 2. The number of para-hydroxylation sites is 2. The number of hydrogen-bond donors (Lipinski definition) is 3. The van der Waals surface area contributed by atoms with E-state index < -0.39 is 23.9 Å². The monoisotopic (exact) mass is 333 g/mol. The van der Waals surface area contributed by atoms with Crippen LogP contribution in [0, 0.1) is 0 Å². The molecular formula is C17H23N3O4. The molecule has 0 saturated carbocycles. The van der Waals surface area contributed by atoms with Crippen LogP contribution in [0.2, 0.25) is 0 Å². The van der Waals surface area contributed by atoms with E-state index in [1.807, 2.05) is 18.2 Å². The Bertz CT molecular complexity index is 700. The van der Waals surface area contributed by atoms with E-state index in [4.69, 9.17) is 4.74 Å². The SMILES string of the molecule is CC(C)(C)OC(=O)NCCC(O)C(O)c1cnc2ccccc2n1. The van der Waals surface area contributed by atoms with Crippen molar-refractivity contribution in [2.75, 3.05) is 6.54 Å². The first kappa shape index (κ1) is 18.1. The van der Waals surface area contributed by atoms with Crippen LogP contribution in [0.5, 0.6) is 0 Å². The molecule has 3 N–H and O–H groups in total. The number of hydrogen-bond acceptors (Lipinski definition) is 6. The minimum atomic E-state index is -1.18. The number of aliphatic hydroxyl groups is 2. The van der Waals surface area contributed by atoms with Gasteiger partial charge in [0.15, 0.2) is 0 Å². The zero-order valence-electron chi connectivity index (χ0n) is 14.1. The topological polar surface area (TPSA) is 105 Å². The Morgan fingerprint density at radius 3 is 2.58 bits per heavy atom. The summed E-state index contributed by atoms with van der Waals surface area (Å²) in [6.07, 6.45) is -1.21. The highest BCUT2D eigenvalue weighted by atomic mass is 16.6. The van der Waals surface area contributed by atoms with Crippen molar-refractivity contribution in [1.29, 1.82) is 0 Å². The maximum Gasteiger partial charge on any atom is 0.407 e. The van der Waals surface area contributed by atoms with Gasteiger partial charge in [-0.1, -0.05) is 12.1 Å². The number of amides is 1. The molecule has 0 bridgehead atoms. The Hall–Kier alpha value is -2.25. The van der Waals surface area contributed by atoms with E-state index in [0.29, 0.717) is 11.2 Å². The molecule has 0 aliphatic rings. The van der Waals surface area contributed by atoms with Gasteiger partial charge in [-0.3, -0.25) is 4.98 Å². The lowest BCUT2D eigenvalue weighted by atomic mass is 10.1. The molecule has 2 aromatic rings. The molecule has 1 aromatic carbocycles. The van der Waals surface area contributed by atoms with Gasteiger partial charge in [-0.15, -0.1) is 0 Å². The van der Waals surface area contributed by atoms with Gasteiger partial charge in [0.05, 0.1) is 29.0 Å². The summed E-state index contributed by atoms with van der Waals surface area (Å²) in [5.74, 6) is 0. The summed E-state index contributed by atoms with van der Waals surface area (Å²) < 4.78 is 5.10.